The quantitative estimate of drug-likeness (QED) is 0.837. The fourth-order valence-electron chi connectivity index (χ4n) is 2.75. The van der Waals surface area contributed by atoms with Crippen LogP contribution in [0.25, 0.3) is 0 Å². The number of aryl methyl sites for hydroxylation is 1. The maximum absolute atomic E-state index is 11.9. The van der Waals surface area contributed by atoms with Crippen LogP contribution in [0, 0.1) is 0 Å². The zero-order valence-electron chi connectivity index (χ0n) is 12.6. The molecule has 1 aromatic rings. The number of hydrogen-bond donors (Lipinski definition) is 2. The second kappa shape index (κ2) is 7.44. The minimum atomic E-state index is 0.119. The minimum Gasteiger partial charge on any atom is -0.352 e. The van der Waals surface area contributed by atoms with Crippen molar-refractivity contribution < 1.29 is 4.79 Å². The fourth-order valence-corrected chi connectivity index (χ4v) is 2.75. The van der Waals surface area contributed by atoms with Crippen LogP contribution in [0.1, 0.15) is 56.7 Å². The first-order chi connectivity index (χ1) is 9.69. The van der Waals surface area contributed by atoms with Crippen molar-refractivity contribution in [2.75, 3.05) is 6.54 Å². The Bertz CT molecular complexity index is 421. The third-order valence-electron chi connectivity index (χ3n) is 4.18. The molecule has 1 unspecified atom stereocenters. The van der Waals surface area contributed by atoms with Crippen molar-refractivity contribution in [3.63, 3.8) is 0 Å². The van der Waals surface area contributed by atoms with Crippen LogP contribution < -0.4 is 10.6 Å². The monoisotopic (exact) mass is 274 g/mol. The summed E-state index contributed by atoms with van der Waals surface area (Å²) in [5.41, 5.74) is 2.58. The van der Waals surface area contributed by atoms with E-state index in [2.05, 4.69) is 48.7 Å². The van der Waals surface area contributed by atoms with Gasteiger partial charge in [-0.3, -0.25) is 4.79 Å². The molecule has 1 fully saturated rings. The average Bonchev–Trinajstić information content (AvgIpc) is 2.97. The summed E-state index contributed by atoms with van der Waals surface area (Å²) in [5.74, 6) is 0.119. The van der Waals surface area contributed by atoms with Crippen molar-refractivity contribution in [2.45, 2.75) is 58.0 Å². The molecule has 1 atom stereocenters. The van der Waals surface area contributed by atoms with Gasteiger partial charge in [0.25, 0.3) is 0 Å². The van der Waals surface area contributed by atoms with Gasteiger partial charge in [0, 0.05) is 12.1 Å². The molecule has 0 radical (unpaired) electrons. The highest BCUT2D eigenvalue weighted by molar-refractivity contribution is 5.78. The summed E-state index contributed by atoms with van der Waals surface area (Å²) < 4.78 is 0. The second-order valence-corrected chi connectivity index (χ2v) is 5.75. The Morgan fingerprint density at radius 2 is 1.90 bits per heavy atom. The molecule has 0 aliphatic heterocycles. The van der Waals surface area contributed by atoms with Gasteiger partial charge in [0.2, 0.25) is 5.91 Å². The lowest BCUT2D eigenvalue weighted by Gasteiger charge is -2.16. The molecule has 1 saturated carbocycles. The number of carbonyl (C=O) groups excluding carboxylic acids is 1. The molecule has 2 N–H and O–H groups in total. The molecule has 0 heterocycles. The van der Waals surface area contributed by atoms with E-state index in [1.807, 2.05) is 0 Å². The summed E-state index contributed by atoms with van der Waals surface area (Å²) in [6.45, 7) is 4.65. The zero-order chi connectivity index (χ0) is 14.4. The van der Waals surface area contributed by atoms with Gasteiger partial charge < -0.3 is 10.6 Å². The van der Waals surface area contributed by atoms with Crippen LogP contribution in [0.15, 0.2) is 24.3 Å². The summed E-state index contributed by atoms with van der Waals surface area (Å²) in [6.07, 6.45) is 5.84. The van der Waals surface area contributed by atoms with Gasteiger partial charge in [-0.1, -0.05) is 44.0 Å². The lowest BCUT2D eigenvalue weighted by molar-refractivity contribution is -0.121. The molecule has 110 valence electrons. The van der Waals surface area contributed by atoms with Crippen LogP contribution in [-0.2, 0) is 11.2 Å². The highest BCUT2D eigenvalue weighted by Gasteiger charge is 2.17. The van der Waals surface area contributed by atoms with Gasteiger partial charge >= 0.3 is 0 Å². The highest BCUT2D eigenvalue weighted by atomic mass is 16.1. The number of rotatable bonds is 6. The van der Waals surface area contributed by atoms with Crippen molar-refractivity contribution in [1.29, 1.82) is 0 Å². The Balaban J connectivity index is 1.75. The Morgan fingerprint density at radius 3 is 2.50 bits per heavy atom. The molecule has 0 saturated heterocycles. The van der Waals surface area contributed by atoms with Crippen molar-refractivity contribution >= 4 is 5.91 Å². The summed E-state index contributed by atoms with van der Waals surface area (Å²) in [4.78, 5) is 11.9. The summed E-state index contributed by atoms with van der Waals surface area (Å²) >= 11 is 0. The first kappa shape index (κ1) is 15.0. The van der Waals surface area contributed by atoms with Crippen LogP contribution in [0.3, 0.4) is 0 Å². The molecule has 0 bridgehead atoms. The summed E-state index contributed by atoms with van der Waals surface area (Å²) in [6, 6.07) is 9.22. The lowest BCUT2D eigenvalue weighted by atomic mass is 10.1. The number of hydrogen-bond acceptors (Lipinski definition) is 2. The smallest absolute Gasteiger partial charge is 0.234 e. The predicted octanol–water partition coefficient (Wildman–Crippen LogP) is 2.96. The Kier molecular flexibility index (Phi) is 5.60. The molecule has 0 spiro atoms. The summed E-state index contributed by atoms with van der Waals surface area (Å²) in [5, 5.41) is 6.40. The molecule has 1 aliphatic rings. The average molecular weight is 274 g/mol. The first-order valence-corrected chi connectivity index (χ1v) is 7.80. The number of carbonyl (C=O) groups is 1. The molecule has 3 heteroatoms. The molecule has 2 rings (SSSR count). The third-order valence-corrected chi connectivity index (χ3v) is 4.18. The predicted molar refractivity (Wildman–Crippen MR) is 82.6 cm³/mol. The molecule has 3 nitrogen and oxygen atoms in total. The Labute approximate surface area is 122 Å². The molecule has 20 heavy (non-hydrogen) atoms. The van der Waals surface area contributed by atoms with Gasteiger partial charge in [-0.15, -0.1) is 0 Å². The maximum Gasteiger partial charge on any atom is 0.234 e. The SMILES string of the molecule is CCc1ccc(C(C)NCC(=O)NC2CCCC2)cc1. The van der Waals surface area contributed by atoms with E-state index in [4.69, 9.17) is 0 Å². The number of amides is 1. The topological polar surface area (TPSA) is 41.1 Å². The standard InChI is InChI=1S/C17H26N2O/c1-3-14-8-10-15(11-9-14)13(2)18-12-17(20)19-16-6-4-5-7-16/h8-11,13,16,18H,3-7,12H2,1-2H3,(H,19,20). The largest absolute Gasteiger partial charge is 0.352 e. The molecular formula is C17H26N2O. The van der Waals surface area contributed by atoms with E-state index in [0.717, 1.165) is 19.3 Å². The Hall–Kier alpha value is -1.35. The van der Waals surface area contributed by atoms with E-state index < -0.39 is 0 Å². The van der Waals surface area contributed by atoms with Gasteiger partial charge in [0.15, 0.2) is 0 Å². The molecule has 0 aromatic heterocycles. The van der Waals surface area contributed by atoms with Crippen molar-refractivity contribution in [1.82, 2.24) is 10.6 Å². The van der Waals surface area contributed by atoms with Crippen LogP contribution in [-0.4, -0.2) is 18.5 Å². The number of benzene rings is 1. The van der Waals surface area contributed by atoms with Crippen LogP contribution >= 0.6 is 0 Å². The third kappa shape index (κ3) is 4.34. The fraction of sp³-hybridized carbons (Fsp3) is 0.588. The maximum atomic E-state index is 11.9. The van der Waals surface area contributed by atoms with Crippen molar-refractivity contribution in [3.05, 3.63) is 35.4 Å². The molecule has 1 aliphatic carbocycles. The minimum absolute atomic E-state index is 0.119. The normalized spacial score (nSPS) is 17.1. The van der Waals surface area contributed by atoms with E-state index in [1.54, 1.807) is 0 Å². The first-order valence-electron chi connectivity index (χ1n) is 7.80. The van der Waals surface area contributed by atoms with Crippen LogP contribution in [0.2, 0.25) is 0 Å². The van der Waals surface area contributed by atoms with E-state index in [0.29, 0.717) is 12.6 Å². The second-order valence-electron chi connectivity index (χ2n) is 5.75. The van der Waals surface area contributed by atoms with E-state index in [9.17, 15) is 4.79 Å². The molecule has 1 amide bonds. The molecular weight excluding hydrogens is 248 g/mol. The van der Waals surface area contributed by atoms with Gasteiger partial charge in [0.1, 0.15) is 0 Å². The lowest BCUT2D eigenvalue weighted by Crippen LogP contribution is -2.39. The van der Waals surface area contributed by atoms with Gasteiger partial charge in [0.05, 0.1) is 6.54 Å². The van der Waals surface area contributed by atoms with Crippen LogP contribution in [0.5, 0.6) is 0 Å². The summed E-state index contributed by atoms with van der Waals surface area (Å²) in [7, 11) is 0. The van der Waals surface area contributed by atoms with E-state index in [1.165, 1.54) is 24.0 Å². The zero-order valence-corrected chi connectivity index (χ0v) is 12.6. The Morgan fingerprint density at radius 1 is 1.25 bits per heavy atom. The van der Waals surface area contributed by atoms with Gasteiger partial charge in [-0.25, -0.2) is 0 Å². The number of nitrogens with one attached hydrogen (secondary N) is 2. The van der Waals surface area contributed by atoms with Crippen molar-refractivity contribution in [2.24, 2.45) is 0 Å². The van der Waals surface area contributed by atoms with E-state index >= 15 is 0 Å². The van der Waals surface area contributed by atoms with Crippen LogP contribution in [0.4, 0.5) is 0 Å². The van der Waals surface area contributed by atoms with Gasteiger partial charge in [-0.2, -0.15) is 0 Å². The highest BCUT2D eigenvalue weighted by Crippen LogP contribution is 2.17. The van der Waals surface area contributed by atoms with Crippen molar-refractivity contribution in [3.8, 4) is 0 Å². The van der Waals surface area contributed by atoms with E-state index in [-0.39, 0.29) is 11.9 Å². The van der Waals surface area contributed by atoms with Gasteiger partial charge in [-0.05, 0) is 37.3 Å². The molecule has 1 aromatic carbocycles.